The molecule has 138 valence electrons. The zero-order chi connectivity index (χ0) is 19.2. The third-order valence-corrected chi connectivity index (χ3v) is 3.95. The lowest BCUT2D eigenvalue weighted by Crippen LogP contribution is -2.31. The van der Waals surface area contributed by atoms with Gasteiger partial charge in [0.15, 0.2) is 0 Å². The van der Waals surface area contributed by atoms with E-state index in [0.717, 1.165) is 11.1 Å². The van der Waals surface area contributed by atoms with Gasteiger partial charge in [-0.05, 0) is 36.8 Å². The first-order valence-corrected chi connectivity index (χ1v) is 8.36. The summed E-state index contributed by atoms with van der Waals surface area (Å²) in [5, 5.41) is 2.71. The molecule has 0 radical (unpaired) electrons. The van der Waals surface area contributed by atoms with E-state index >= 15 is 0 Å². The van der Waals surface area contributed by atoms with Crippen molar-refractivity contribution in [2.75, 3.05) is 0 Å². The van der Waals surface area contributed by atoms with Gasteiger partial charge in [0, 0.05) is 12.1 Å². The first kappa shape index (κ1) is 18.4. The van der Waals surface area contributed by atoms with E-state index in [2.05, 4.69) is 5.32 Å². The van der Waals surface area contributed by atoms with Crippen LogP contribution in [0.5, 0.6) is 0 Å². The number of carbonyl (C=O) groups is 2. The maximum Gasteiger partial charge on any atom is 0.375 e. The molecule has 1 aromatic heterocycles. The highest BCUT2D eigenvalue weighted by Gasteiger charge is 2.26. The van der Waals surface area contributed by atoms with E-state index in [1.165, 1.54) is 24.5 Å². The van der Waals surface area contributed by atoms with Gasteiger partial charge in [0.05, 0.1) is 6.26 Å². The molecular weight excluding hydrogens is 349 g/mol. The molecule has 0 fully saturated rings. The van der Waals surface area contributed by atoms with Gasteiger partial charge in [-0.3, -0.25) is 4.79 Å². The Morgan fingerprint density at radius 2 is 1.78 bits per heavy atom. The lowest BCUT2D eigenvalue weighted by atomic mass is 10.1. The number of amides is 1. The average Bonchev–Trinajstić information content (AvgIpc) is 3.21. The van der Waals surface area contributed by atoms with Crippen LogP contribution in [0.4, 0.5) is 4.39 Å². The number of esters is 1. The van der Waals surface area contributed by atoms with Gasteiger partial charge in [-0.2, -0.15) is 0 Å². The Morgan fingerprint density at radius 1 is 1.07 bits per heavy atom. The number of nitrogens with one attached hydrogen (secondary N) is 1. The van der Waals surface area contributed by atoms with Gasteiger partial charge in [0.1, 0.15) is 5.82 Å². The molecule has 2 aromatic carbocycles. The predicted molar refractivity (Wildman–Crippen MR) is 96.3 cm³/mol. The summed E-state index contributed by atoms with van der Waals surface area (Å²) in [4.78, 5) is 24.9. The molecule has 0 unspecified atom stereocenters. The van der Waals surface area contributed by atoms with E-state index in [4.69, 9.17) is 9.15 Å². The number of ether oxygens (including phenoxy) is 1. The van der Waals surface area contributed by atoms with E-state index < -0.39 is 18.0 Å². The highest BCUT2D eigenvalue weighted by molar-refractivity contribution is 5.90. The van der Waals surface area contributed by atoms with E-state index in [1.54, 1.807) is 30.3 Å². The summed E-state index contributed by atoms with van der Waals surface area (Å²) in [6.45, 7) is 2.10. The fourth-order valence-electron chi connectivity index (χ4n) is 2.46. The number of benzene rings is 2. The Bertz CT molecular complexity index is 902. The number of carbonyl (C=O) groups excluding carboxylic acids is 2. The molecule has 27 heavy (non-hydrogen) atoms. The summed E-state index contributed by atoms with van der Waals surface area (Å²) in [7, 11) is 0. The minimum Gasteiger partial charge on any atom is -0.457 e. The second-order valence-electron chi connectivity index (χ2n) is 6.02. The molecule has 1 heterocycles. The van der Waals surface area contributed by atoms with E-state index in [9.17, 15) is 14.0 Å². The summed E-state index contributed by atoms with van der Waals surface area (Å²) in [6.07, 6.45) is 0.218. The minimum absolute atomic E-state index is 0.0125. The van der Waals surface area contributed by atoms with Gasteiger partial charge < -0.3 is 14.5 Å². The highest BCUT2D eigenvalue weighted by atomic mass is 19.1. The molecule has 1 amide bonds. The number of aryl methyl sites for hydroxylation is 1. The molecule has 6 heteroatoms. The topological polar surface area (TPSA) is 68.5 Å². The van der Waals surface area contributed by atoms with E-state index in [1.807, 2.05) is 19.1 Å². The van der Waals surface area contributed by atoms with Crippen molar-refractivity contribution in [1.29, 1.82) is 0 Å². The van der Waals surface area contributed by atoms with Crippen LogP contribution in [0.2, 0.25) is 0 Å². The van der Waals surface area contributed by atoms with Crippen molar-refractivity contribution in [3.05, 3.63) is 95.2 Å². The smallest absolute Gasteiger partial charge is 0.375 e. The normalized spacial score (nSPS) is 11.6. The van der Waals surface area contributed by atoms with Gasteiger partial charge in [-0.15, -0.1) is 0 Å². The van der Waals surface area contributed by atoms with Crippen LogP contribution in [-0.4, -0.2) is 11.9 Å². The fourth-order valence-corrected chi connectivity index (χ4v) is 2.46. The number of hydrogen-bond donors (Lipinski definition) is 1. The maximum absolute atomic E-state index is 13.0. The van der Waals surface area contributed by atoms with Gasteiger partial charge in [0.2, 0.25) is 11.9 Å². The standard InChI is InChI=1S/C21H18FNO4/c1-14-4-8-16(9-5-14)19(27-21(25)18-3-2-12-26-18)20(24)23-13-15-6-10-17(22)11-7-15/h2-12,19H,13H2,1H3,(H,23,24)/t19-/m0/s1. The summed E-state index contributed by atoms with van der Waals surface area (Å²) in [5.41, 5.74) is 2.28. The summed E-state index contributed by atoms with van der Waals surface area (Å²) in [6, 6.07) is 15.9. The van der Waals surface area contributed by atoms with Gasteiger partial charge in [0.25, 0.3) is 5.91 Å². The van der Waals surface area contributed by atoms with Crippen molar-refractivity contribution in [2.24, 2.45) is 0 Å². The Hall–Kier alpha value is -3.41. The number of furan rings is 1. The molecule has 0 bridgehead atoms. The zero-order valence-electron chi connectivity index (χ0n) is 14.6. The number of rotatable bonds is 6. The van der Waals surface area contributed by atoms with Crippen molar-refractivity contribution < 1.29 is 23.1 Å². The van der Waals surface area contributed by atoms with Crippen molar-refractivity contribution in [3.63, 3.8) is 0 Å². The molecular formula is C21H18FNO4. The fraction of sp³-hybridized carbons (Fsp3) is 0.143. The van der Waals surface area contributed by atoms with Crippen LogP contribution in [-0.2, 0) is 16.1 Å². The number of hydrogen-bond acceptors (Lipinski definition) is 4. The molecule has 5 nitrogen and oxygen atoms in total. The van der Waals surface area contributed by atoms with Crippen LogP contribution in [0.1, 0.15) is 33.3 Å². The summed E-state index contributed by atoms with van der Waals surface area (Å²) in [5.74, 6) is -1.56. The Kier molecular flexibility index (Phi) is 5.66. The first-order chi connectivity index (χ1) is 13.0. The molecule has 0 spiro atoms. The van der Waals surface area contributed by atoms with Crippen molar-refractivity contribution in [3.8, 4) is 0 Å². The highest BCUT2D eigenvalue weighted by Crippen LogP contribution is 2.21. The molecule has 0 aliphatic heterocycles. The molecule has 0 saturated heterocycles. The van der Waals surface area contributed by atoms with Crippen molar-refractivity contribution >= 4 is 11.9 Å². The molecule has 0 saturated carbocycles. The summed E-state index contributed by atoms with van der Waals surface area (Å²) >= 11 is 0. The maximum atomic E-state index is 13.0. The first-order valence-electron chi connectivity index (χ1n) is 8.36. The quantitative estimate of drug-likeness (QED) is 0.670. The van der Waals surface area contributed by atoms with Gasteiger partial charge in [-0.1, -0.05) is 42.0 Å². The van der Waals surface area contributed by atoms with Crippen LogP contribution >= 0.6 is 0 Å². The molecule has 1 N–H and O–H groups in total. The van der Waals surface area contributed by atoms with Crippen LogP contribution in [0, 0.1) is 12.7 Å². The van der Waals surface area contributed by atoms with Gasteiger partial charge >= 0.3 is 5.97 Å². The number of halogens is 1. The van der Waals surface area contributed by atoms with Crippen molar-refractivity contribution in [2.45, 2.75) is 19.6 Å². The molecule has 0 aliphatic carbocycles. The summed E-state index contributed by atoms with van der Waals surface area (Å²) < 4.78 is 23.4. The zero-order valence-corrected chi connectivity index (χ0v) is 14.6. The third kappa shape index (κ3) is 4.82. The van der Waals surface area contributed by atoms with Gasteiger partial charge in [-0.25, -0.2) is 9.18 Å². The van der Waals surface area contributed by atoms with E-state index in [0.29, 0.717) is 5.56 Å². The molecule has 3 aromatic rings. The Labute approximate surface area is 155 Å². The third-order valence-electron chi connectivity index (χ3n) is 3.95. The molecule has 0 aliphatic rings. The largest absolute Gasteiger partial charge is 0.457 e. The lowest BCUT2D eigenvalue weighted by Gasteiger charge is -2.18. The van der Waals surface area contributed by atoms with Crippen molar-refractivity contribution in [1.82, 2.24) is 5.32 Å². The SMILES string of the molecule is Cc1ccc([C@H](OC(=O)c2ccco2)C(=O)NCc2ccc(F)cc2)cc1. The monoisotopic (exact) mass is 367 g/mol. The van der Waals surface area contributed by atoms with Crippen LogP contribution in [0.25, 0.3) is 0 Å². The predicted octanol–water partition coefficient (Wildman–Crippen LogP) is 3.94. The minimum atomic E-state index is -1.14. The van der Waals surface area contributed by atoms with Crippen LogP contribution in [0.3, 0.4) is 0 Å². The van der Waals surface area contributed by atoms with Crippen LogP contribution in [0.15, 0.2) is 71.3 Å². The Morgan fingerprint density at radius 3 is 2.41 bits per heavy atom. The average molecular weight is 367 g/mol. The van der Waals surface area contributed by atoms with E-state index in [-0.39, 0.29) is 18.1 Å². The molecule has 3 rings (SSSR count). The lowest BCUT2D eigenvalue weighted by molar-refractivity contribution is -0.130. The molecule has 1 atom stereocenters. The van der Waals surface area contributed by atoms with Crippen LogP contribution < -0.4 is 5.32 Å². The second kappa shape index (κ2) is 8.31. The Balaban J connectivity index is 1.75. The second-order valence-corrected chi connectivity index (χ2v) is 6.02.